The number of pyridine rings is 1. The molecule has 0 atom stereocenters. The van der Waals surface area contributed by atoms with Crippen LogP contribution in [0.5, 0.6) is 0 Å². The summed E-state index contributed by atoms with van der Waals surface area (Å²) in [4.78, 5) is 18.6. The predicted molar refractivity (Wildman–Crippen MR) is 254 cm³/mol. The molecule has 4 aromatic rings. The fourth-order valence-corrected chi connectivity index (χ4v) is 1.07. The summed E-state index contributed by atoms with van der Waals surface area (Å²) in [5.41, 5.74) is 0. The highest BCUT2D eigenvalue weighted by atomic mass is 15.1. The van der Waals surface area contributed by atoms with Gasteiger partial charge in [0.15, 0.2) is 0 Å². The van der Waals surface area contributed by atoms with Crippen molar-refractivity contribution in [3.8, 4) is 0 Å². The van der Waals surface area contributed by atoms with Crippen molar-refractivity contribution in [3.05, 3.63) is 105 Å². The lowest BCUT2D eigenvalue weighted by Crippen LogP contribution is -1.69. The van der Waals surface area contributed by atoms with Gasteiger partial charge in [0.1, 0.15) is 6.33 Å². The average molecular weight is 784 g/mol. The fourth-order valence-electron chi connectivity index (χ4n) is 1.07. The first-order valence-corrected chi connectivity index (χ1v) is 20.8. The lowest BCUT2D eigenvalue weighted by molar-refractivity contribution is 0.736. The van der Waals surface area contributed by atoms with E-state index in [-0.39, 0.29) is 0 Å². The van der Waals surface area contributed by atoms with E-state index in [1.807, 2.05) is 30.3 Å². The number of hydrogen-bond acceptors (Lipinski definition) is 7. The van der Waals surface area contributed by atoms with Crippen LogP contribution < -0.4 is 0 Å². The van der Waals surface area contributed by atoms with E-state index in [0.717, 1.165) is 47.3 Å². The minimum absolute atomic E-state index is 0.833. The lowest BCUT2D eigenvalue weighted by Gasteiger charge is -1.79. The second-order valence-electron chi connectivity index (χ2n) is 17.6. The van der Waals surface area contributed by atoms with Crippen LogP contribution in [0, 0.1) is 47.3 Å². The summed E-state index contributed by atoms with van der Waals surface area (Å²) < 4.78 is 0. The maximum Gasteiger partial charge on any atom is 0.115 e. The quantitative estimate of drug-likeness (QED) is 0.175. The Labute approximate surface area is 352 Å². The molecular formula is C49H97N7. The molecule has 0 unspecified atom stereocenters. The minimum atomic E-state index is 0.833. The van der Waals surface area contributed by atoms with Crippen molar-refractivity contribution in [2.45, 2.75) is 166 Å². The molecule has 7 heteroatoms. The standard InChI is InChI=1S/C5H5N.3C4H4N2.8C4H10/c1-2-4-6-5-3-1;1-2-6-4-3-5-1;1-2-5-4-6-3-1;1-2-4-6-5-3-1;8*1-4(2)3/h1-5H;3*1-4H;8*4H,1-3H3. The number of nitrogens with zero attached hydrogens (tertiary/aromatic N) is 7. The second kappa shape index (κ2) is 66.2. The van der Waals surface area contributed by atoms with Crippen LogP contribution in [0.3, 0.4) is 0 Å². The van der Waals surface area contributed by atoms with E-state index in [4.69, 9.17) is 0 Å². The summed E-state index contributed by atoms with van der Waals surface area (Å²) in [6.07, 6.45) is 18.2. The zero-order valence-electron chi connectivity index (χ0n) is 41.6. The van der Waals surface area contributed by atoms with Crippen molar-refractivity contribution in [1.82, 2.24) is 35.1 Å². The Hall–Kier alpha value is -3.61. The third-order valence-corrected chi connectivity index (χ3v) is 2.00. The number of aromatic nitrogens is 7. The molecule has 56 heavy (non-hydrogen) atoms. The van der Waals surface area contributed by atoms with Crippen molar-refractivity contribution < 1.29 is 0 Å². The van der Waals surface area contributed by atoms with Crippen LogP contribution in [-0.4, -0.2) is 35.1 Å². The summed E-state index contributed by atoms with van der Waals surface area (Å²) in [6.45, 7) is 52.0. The van der Waals surface area contributed by atoms with Gasteiger partial charge in [0, 0.05) is 62.0 Å². The Morgan fingerprint density at radius 1 is 0.196 bits per heavy atom. The van der Waals surface area contributed by atoms with Gasteiger partial charge in [-0.25, -0.2) is 9.97 Å². The first kappa shape index (κ1) is 70.2. The highest BCUT2D eigenvalue weighted by Crippen LogP contribution is 1.84. The van der Waals surface area contributed by atoms with Gasteiger partial charge in [-0.15, -0.1) is 0 Å². The van der Waals surface area contributed by atoms with Crippen LogP contribution in [0.4, 0.5) is 0 Å². The molecule has 0 bridgehead atoms. The van der Waals surface area contributed by atoms with Gasteiger partial charge in [0.2, 0.25) is 0 Å². The van der Waals surface area contributed by atoms with Crippen LogP contribution in [0.2, 0.25) is 0 Å². The third kappa shape index (κ3) is 296. The van der Waals surface area contributed by atoms with Crippen LogP contribution >= 0.6 is 0 Å². The minimum Gasteiger partial charge on any atom is -0.265 e. The van der Waals surface area contributed by atoms with Gasteiger partial charge in [-0.05, 0) is 77.7 Å². The Morgan fingerprint density at radius 2 is 0.375 bits per heavy atom. The summed E-state index contributed by atoms with van der Waals surface area (Å²) >= 11 is 0. The van der Waals surface area contributed by atoms with E-state index in [2.05, 4.69) is 201 Å². The van der Waals surface area contributed by atoms with E-state index in [0.29, 0.717) is 0 Å². The normalized spacial score (nSPS) is 8.57. The maximum atomic E-state index is 3.78. The molecule has 0 aliphatic rings. The van der Waals surface area contributed by atoms with Crippen LogP contribution in [0.15, 0.2) is 105 Å². The van der Waals surface area contributed by atoms with Gasteiger partial charge in [0.25, 0.3) is 0 Å². The number of rotatable bonds is 0. The molecule has 0 aliphatic heterocycles. The van der Waals surface area contributed by atoms with E-state index in [1.165, 1.54) is 6.33 Å². The Bertz CT molecular complexity index is 702. The van der Waals surface area contributed by atoms with E-state index >= 15 is 0 Å². The van der Waals surface area contributed by atoms with Crippen molar-refractivity contribution in [2.75, 3.05) is 0 Å². The molecule has 0 amide bonds. The average Bonchev–Trinajstić information content (AvgIpc) is 3.07. The molecule has 0 aliphatic carbocycles. The van der Waals surface area contributed by atoms with Gasteiger partial charge in [-0.1, -0.05) is 172 Å². The molecule has 328 valence electrons. The van der Waals surface area contributed by atoms with E-state index < -0.39 is 0 Å². The largest absolute Gasteiger partial charge is 0.265 e. The molecule has 4 aromatic heterocycles. The van der Waals surface area contributed by atoms with Crippen molar-refractivity contribution in [2.24, 2.45) is 47.3 Å². The maximum absolute atomic E-state index is 3.78. The second-order valence-corrected chi connectivity index (χ2v) is 17.6. The third-order valence-electron chi connectivity index (χ3n) is 2.00. The van der Waals surface area contributed by atoms with Crippen LogP contribution in [0.1, 0.15) is 166 Å². The molecule has 0 N–H and O–H groups in total. The molecule has 0 saturated heterocycles. The van der Waals surface area contributed by atoms with Gasteiger partial charge >= 0.3 is 0 Å². The summed E-state index contributed by atoms with van der Waals surface area (Å²) in [7, 11) is 0. The topological polar surface area (TPSA) is 90.2 Å². The van der Waals surface area contributed by atoms with Crippen molar-refractivity contribution >= 4 is 0 Å². The van der Waals surface area contributed by atoms with Crippen molar-refractivity contribution in [1.29, 1.82) is 0 Å². The zero-order chi connectivity index (χ0) is 45.6. The predicted octanol–water partition coefficient (Wildman–Crippen LogP) is 15.8. The van der Waals surface area contributed by atoms with E-state index in [9.17, 15) is 0 Å². The molecule has 0 fully saturated rings. The van der Waals surface area contributed by atoms with Gasteiger partial charge in [0.05, 0.1) is 0 Å². The summed E-state index contributed by atoms with van der Waals surface area (Å²) in [5, 5.41) is 7.07. The lowest BCUT2D eigenvalue weighted by atomic mass is 10.3. The molecule has 4 heterocycles. The monoisotopic (exact) mass is 784 g/mol. The Kier molecular flexibility index (Phi) is 83.0. The van der Waals surface area contributed by atoms with E-state index in [1.54, 1.807) is 68.0 Å². The van der Waals surface area contributed by atoms with Crippen molar-refractivity contribution in [3.63, 3.8) is 0 Å². The van der Waals surface area contributed by atoms with Gasteiger partial charge < -0.3 is 0 Å². The molecule has 0 aromatic carbocycles. The smallest absolute Gasteiger partial charge is 0.115 e. The number of hydrogen-bond donors (Lipinski definition) is 0. The summed E-state index contributed by atoms with van der Waals surface area (Å²) in [5.74, 6) is 6.67. The highest BCUT2D eigenvalue weighted by Gasteiger charge is 1.71. The first-order valence-electron chi connectivity index (χ1n) is 20.8. The highest BCUT2D eigenvalue weighted by molar-refractivity contribution is 4.88. The Morgan fingerprint density at radius 3 is 0.446 bits per heavy atom. The van der Waals surface area contributed by atoms with Crippen LogP contribution in [-0.2, 0) is 0 Å². The molecule has 7 nitrogen and oxygen atoms in total. The first-order chi connectivity index (χ1) is 25.9. The molecule has 0 saturated carbocycles. The Balaban J connectivity index is -0.0000000753. The van der Waals surface area contributed by atoms with Gasteiger partial charge in [-0.2, -0.15) is 10.2 Å². The SMILES string of the molecule is CC(C)C.CC(C)C.CC(C)C.CC(C)C.CC(C)C.CC(C)C.CC(C)C.CC(C)C.c1ccncc1.c1ccnnc1.c1cnccn1.c1cncnc1. The zero-order valence-corrected chi connectivity index (χ0v) is 41.6. The molecular weight excluding hydrogens is 687 g/mol. The molecule has 0 spiro atoms. The fraction of sp³-hybridized carbons (Fsp3) is 0.653. The van der Waals surface area contributed by atoms with Crippen LogP contribution in [0.25, 0.3) is 0 Å². The summed E-state index contributed by atoms with van der Waals surface area (Å²) in [6, 6.07) is 11.1. The molecule has 0 radical (unpaired) electrons. The van der Waals surface area contributed by atoms with Gasteiger partial charge in [-0.3, -0.25) is 15.0 Å². The molecule has 4 rings (SSSR count).